The molecule has 1 amide bonds. The summed E-state index contributed by atoms with van der Waals surface area (Å²) in [6.07, 6.45) is 7.42. The Bertz CT molecular complexity index is 1210. The van der Waals surface area contributed by atoms with Crippen molar-refractivity contribution in [3.8, 4) is 12.3 Å². The maximum atomic E-state index is 14.3. The maximum Gasteiger partial charge on any atom is 0.410 e. The van der Waals surface area contributed by atoms with E-state index in [2.05, 4.69) is 21.2 Å². The Kier molecular flexibility index (Phi) is 5.70. The normalized spacial score (nSPS) is 16.1. The molecule has 0 bridgehead atoms. The minimum absolute atomic E-state index is 0.168. The lowest BCUT2D eigenvalue weighted by Crippen LogP contribution is -2.35. The summed E-state index contributed by atoms with van der Waals surface area (Å²) in [5.41, 5.74) is 2.10. The Morgan fingerprint density at radius 3 is 2.81 bits per heavy atom. The Hall–Kier alpha value is -3.66. The SMILES string of the molecule is C#Cc1ccc(F)c(Nc2ncnc3ccc([C@H]4CCN(C(=O)OC(C)(C)C)C4)cc23)c1. The Balaban J connectivity index is 1.60. The third kappa shape index (κ3) is 4.65. The van der Waals surface area contributed by atoms with Crippen LogP contribution >= 0.6 is 0 Å². The van der Waals surface area contributed by atoms with E-state index in [1.54, 1.807) is 17.0 Å². The molecular weight excluding hydrogens is 407 g/mol. The first-order chi connectivity index (χ1) is 15.2. The van der Waals surface area contributed by atoms with Crippen molar-refractivity contribution in [3.05, 3.63) is 59.7 Å². The molecule has 0 unspecified atom stereocenters. The van der Waals surface area contributed by atoms with Crippen LogP contribution in [0.3, 0.4) is 0 Å². The average molecular weight is 432 g/mol. The van der Waals surface area contributed by atoms with Crippen molar-refractivity contribution in [3.63, 3.8) is 0 Å². The molecule has 4 rings (SSSR count). The highest BCUT2D eigenvalue weighted by molar-refractivity contribution is 5.91. The number of hydrogen-bond acceptors (Lipinski definition) is 5. The summed E-state index contributed by atoms with van der Waals surface area (Å²) in [7, 11) is 0. The van der Waals surface area contributed by atoms with Crippen molar-refractivity contribution >= 4 is 28.5 Å². The standard InChI is InChI=1S/C25H25FN4O2/c1-5-16-6-8-20(26)22(12-16)29-23-19-13-17(7-9-21(19)27-15-28-23)18-10-11-30(14-18)24(31)32-25(2,3)4/h1,6-9,12-13,15,18H,10-11,14H2,2-4H3,(H,27,28,29)/t18-/m0/s1. The predicted octanol–water partition coefficient (Wildman–Crippen LogP) is 5.22. The number of nitrogens with one attached hydrogen (secondary N) is 1. The third-order valence-electron chi connectivity index (χ3n) is 5.36. The molecule has 3 aromatic rings. The summed E-state index contributed by atoms with van der Waals surface area (Å²) in [5, 5.41) is 3.82. The number of ether oxygens (including phenoxy) is 1. The molecule has 32 heavy (non-hydrogen) atoms. The number of hydrogen-bond donors (Lipinski definition) is 1. The lowest BCUT2D eigenvalue weighted by Gasteiger charge is -2.24. The molecule has 1 aliphatic heterocycles. The highest BCUT2D eigenvalue weighted by Gasteiger charge is 2.30. The Morgan fingerprint density at radius 2 is 2.06 bits per heavy atom. The molecule has 2 heterocycles. The molecule has 1 aliphatic rings. The molecule has 0 radical (unpaired) electrons. The van der Waals surface area contributed by atoms with E-state index in [0.29, 0.717) is 24.5 Å². The van der Waals surface area contributed by atoms with Gasteiger partial charge in [0.25, 0.3) is 0 Å². The van der Waals surface area contributed by atoms with Crippen molar-refractivity contribution in [2.24, 2.45) is 0 Å². The second kappa shape index (κ2) is 8.46. The zero-order valence-corrected chi connectivity index (χ0v) is 18.4. The zero-order chi connectivity index (χ0) is 22.9. The van der Waals surface area contributed by atoms with E-state index in [1.165, 1.54) is 12.4 Å². The van der Waals surface area contributed by atoms with Gasteiger partial charge >= 0.3 is 6.09 Å². The molecule has 0 spiro atoms. The summed E-state index contributed by atoms with van der Waals surface area (Å²) in [5.74, 6) is 2.75. The highest BCUT2D eigenvalue weighted by atomic mass is 19.1. The second-order valence-electron chi connectivity index (χ2n) is 8.87. The van der Waals surface area contributed by atoms with Gasteiger partial charge in [0.1, 0.15) is 23.6 Å². The molecular formula is C25H25FN4O2. The fourth-order valence-corrected chi connectivity index (χ4v) is 3.79. The van der Waals surface area contributed by atoms with E-state index >= 15 is 0 Å². The van der Waals surface area contributed by atoms with Crippen molar-refractivity contribution in [2.45, 2.75) is 38.7 Å². The zero-order valence-electron chi connectivity index (χ0n) is 18.4. The molecule has 1 saturated heterocycles. The summed E-state index contributed by atoms with van der Waals surface area (Å²) < 4.78 is 19.8. The average Bonchev–Trinajstić information content (AvgIpc) is 3.24. The first kappa shape index (κ1) is 21.6. The fraction of sp³-hybridized carbons (Fsp3) is 0.320. The van der Waals surface area contributed by atoms with Crippen LogP contribution in [0.25, 0.3) is 10.9 Å². The van der Waals surface area contributed by atoms with Crippen LogP contribution in [-0.4, -0.2) is 39.7 Å². The van der Waals surface area contributed by atoms with E-state index < -0.39 is 11.4 Å². The molecule has 0 aliphatic carbocycles. The summed E-state index contributed by atoms with van der Waals surface area (Å²) in [6.45, 7) is 6.79. The predicted molar refractivity (Wildman–Crippen MR) is 122 cm³/mol. The van der Waals surface area contributed by atoms with Gasteiger partial charge in [-0.1, -0.05) is 12.0 Å². The number of terminal acetylenes is 1. The van der Waals surface area contributed by atoms with E-state index in [1.807, 2.05) is 39.0 Å². The number of anilines is 2. The molecule has 1 N–H and O–H groups in total. The fourth-order valence-electron chi connectivity index (χ4n) is 3.79. The minimum Gasteiger partial charge on any atom is -0.444 e. The van der Waals surface area contributed by atoms with Gasteiger partial charge in [-0.05, 0) is 63.1 Å². The third-order valence-corrected chi connectivity index (χ3v) is 5.36. The van der Waals surface area contributed by atoms with Crippen molar-refractivity contribution in [1.29, 1.82) is 0 Å². The molecule has 1 atom stereocenters. The quantitative estimate of drug-likeness (QED) is 0.575. The first-order valence-electron chi connectivity index (χ1n) is 10.5. The molecule has 0 saturated carbocycles. The summed E-state index contributed by atoms with van der Waals surface area (Å²) in [6, 6.07) is 10.4. The van der Waals surface area contributed by atoms with Crippen LogP contribution in [0, 0.1) is 18.2 Å². The number of aromatic nitrogens is 2. The second-order valence-corrected chi connectivity index (χ2v) is 8.87. The van der Waals surface area contributed by atoms with Crippen LogP contribution in [-0.2, 0) is 4.74 Å². The number of nitrogens with zero attached hydrogens (tertiary/aromatic N) is 3. The topological polar surface area (TPSA) is 67.4 Å². The molecule has 1 fully saturated rings. The number of fused-ring (bicyclic) bond motifs is 1. The summed E-state index contributed by atoms with van der Waals surface area (Å²) in [4.78, 5) is 22.8. The molecule has 164 valence electrons. The maximum absolute atomic E-state index is 14.3. The largest absolute Gasteiger partial charge is 0.444 e. The van der Waals surface area contributed by atoms with Crippen LogP contribution in [0.1, 0.15) is 44.2 Å². The number of carbonyl (C=O) groups is 1. The summed E-state index contributed by atoms with van der Waals surface area (Å²) >= 11 is 0. The van der Waals surface area contributed by atoms with Crippen LogP contribution in [0.5, 0.6) is 0 Å². The lowest BCUT2D eigenvalue weighted by atomic mass is 9.97. The number of halogens is 1. The van der Waals surface area contributed by atoms with Crippen molar-refractivity contribution in [1.82, 2.24) is 14.9 Å². The molecule has 7 heteroatoms. The van der Waals surface area contributed by atoms with Gasteiger partial charge in [0.05, 0.1) is 11.2 Å². The van der Waals surface area contributed by atoms with Gasteiger partial charge in [-0.15, -0.1) is 6.42 Å². The van der Waals surface area contributed by atoms with Gasteiger partial charge in [0.2, 0.25) is 0 Å². The number of carbonyl (C=O) groups excluding carboxylic acids is 1. The van der Waals surface area contributed by atoms with Gasteiger partial charge in [-0.3, -0.25) is 0 Å². The van der Waals surface area contributed by atoms with Gasteiger partial charge in [-0.25, -0.2) is 19.2 Å². The minimum atomic E-state index is -0.526. The smallest absolute Gasteiger partial charge is 0.410 e. The Morgan fingerprint density at radius 1 is 1.25 bits per heavy atom. The Labute approximate surface area is 186 Å². The van der Waals surface area contributed by atoms with Crippen molar-refractivity contribution < 1.29 is 13.9 Å². The van der Waals surface area contributed by atoms with Gasteiger partial charge < -0.3 is 15.0 Å². The number of rotatable bonds is 3. The van der Waals surface area contributed by atoms with Crippen LogP contribution < -0.4 is 5.32 Å². The van der Waals surface area contributed by atoms with Gasteiger partial charge in [0, 0.05) is 30.0 Å². The number of likely N-dealkylation sites (tertiary alicyclic amines) is 1. The van der Waals surface area contributed by atoms with Gasteiger partial charge in [0.15, 0.2) is 0 Å². The first-order valence-corrected chi connectivity index (χ1v) is 10.5. The van der Waals surface area contributed by atoms with Gasteiger partial charge in [-0.2, -0.15) is 0 Å². The van der Waals surface area contributed by atoms with Crippen LogP contribution in [0.4, 0.5) is 20.7 Å². The monoisotopic (exact) mass is 432 g/mol. The number of amides is 1. The van der Waals surface area contributed by atoms with E-state index in [0.717, 1.165) is 22.9 Å². The van der Waals surface area contributed by atoms with E-state index in [9.17, 15) is 9.18 Å². The van der Waals surface area contributed by atoms with E-state index in [4.69, 9.17) is 11.2 Å². The van der Waals surface area contributed by atoms with Crippen LogP contribution in [0.15, 0.2) is 42.7 Å². The highest BCUT2D eigenvalue weighted by Crippen LogP contribution is 2.32. The van der Waals surface area contributed by atoms with E-state index in [-0.39, 0.29) is 17.7 Å². The van der Waals surface area contributed by atoms with Crippen LogP contribution in [0.2, 0.25) is 0 Å². The molecule has 6 nitrogen and oxygen atoms in total. The molecule has 1 aromatic heterocycles. The number of benzene rings is 2. The van der Waals surface area contributed by atoms with Crippen molar-refractivity contribution in [2.75, 3.05) is 18.4 Å². The lowest BCUT2D eigenvalue weighted by molar-refractivity contribution is 0.0292. The molecule has 2 aromatic carbocycles.